The Morgan fingerprint density at radius 2 is 1.86 bits per heavy atom. The molecule has 0 fully saturated rings. The van der Waals surface area contributed by atoms with E-state index in [4.69, 9.17) is 4.74 Å². The zero-order valence-electron chi connectivity index (χ0n) is 17.1. The van der Waals surface area contributed by atoms with Gasteiger partial charge in [0.25, 0.3) is 0 Å². The van der Waals surface area contributed by atoms with E-state index in [0.717, 1.165) is 22.4 Å². The minimum absolute atomic E-state index is 0.102. The summed E-state index contributed by atoms with van der Waals surface area (Å²) < 4.78 is 18.3. The summed E-state index contributed by atoms with van der Waals surface area (Å²) in [5, 5.41) is 13.5. The maximum absolute atomic E-state index is 13.4. The van der Waals surface area contributed by atoms with Crippen LogP contribution in [0.1, 0.15) is 38.3 Å². The number of carbonyl (C=O) groups is 1. The number of aliphatic hydroxyl groups is 1. The van der Waals surface area contributed by atoms with Crippen molar-refractivity contribution in [1.29, 1.82) is 0 Å². The van der Waals surface area contributed by atoms with Gasteiger partial charge < -0.3 is 15.2 Å². The van der Waals surface area contributed by atoms with Crippen LogP contribution >= 0.6 is 0 Å². The van der Waals surface area contributed by atoms with E-state index in [-0.39, 0.29) is 24.9 Å². The van der Waals surface area contributed by atoms with Crippen molar-refractivity contribution < 1.29 is 19.0 Å². The predicted octanol–water partition coefficient (Wildman–Crippen LogP) is 4.95. The van der Waals surface area contributed by atoms with Crippen molar-refractivity contribution in [1.82, 2.24) is 0 Å². The number of allylic oxidation sites excluding steroid dienone is 2. The van der Waals surface area contributed by atoms with Gasteiger partial charge in [-0.2, -0.15) is 0 Å². The number of ether oxygens (including phenoxy) is 1. The number of nitrogens with one attached hydrogen (secondary N) is 1. The first-order valence-electron chi connectivity index (χ1n) is 9.74. The second kappa shape index (κ2) is 11.2. The van der Waals surface area contributed by atoms with Gasteiger partial charge in [0, 0.05) is 17.3 Å². The SMILES string of the molecule is CCOC(=O)CC(O)/C=C/C=C(\c1ccc(F)cc1)c1ccccc1NC(C)C. The summed E-state index contributed by atoms with van der Waals surface area (Å²) in [4.78, 5) is 11.5. The Kier molecular flexibility index (Phi) is 8.62. The van der Waals surface area contributed by atoms with E-state index >= 15 is 0 Å². The normalized spacial score (nSPS) is 13.0. The standard InChI is InChI=1S/C24H28FNO3/c1-4-29-24(28)16-20(27)8-7-10-21(18-12-14-19(25)15-13-18)22-9-5-6-11-23(22)26-17(2)3/h5-15,17,20,26-27H,4,16H2,1-3H3/b8-7+,21-10+. The second-order valence-corrected chi connectivity index (χ2v) is 6.89. The lowest BCUT2D eigenvalue weighted by molar-refractivity contribution is -0.144. The van der Waals surface area contributed by atoms with E-state index < -0.39 is 12.1 Å². The summed E-state index contributed by atoms with van der Waals surface area (Å²) in [6, 6.07) is 14.4. The monoisotopic (exact) mass is 397 g/mol. The fourth-order valence-electron chi connectivity index (χ4n) is 2.86. The molecule has 0 aromatic heterocycles. The first kappa shape index (κ1) is 22.4. The molecule has 4 nitrogen and oxygen atoms in total. The predicted molar refractivity (Wildman–Crippen MR) is 115 cm³/mol. The van der Waals surface area contributed by atoms with Crippen LogP contribution in [0.2, 0.25) is 0 Å². The molecule has 0 saturated heterocycles. The molecule has 1 atom stereocenters. The molecule has 2 rings (SSSR count). The summed E-state index contributed by atoms with van der Waals surface area (Å²) in [5.74, 6) is -0.749. The van der Waals surface area contributed by atoms with Gasteiger partial charge in [-0.15, -0.1) is 0 Å². The molecular weight excluding hydrogens is 369 g/mol. The van der Waals surface area contributed by atoms with Gasteiger partial charge in [0.15, 0.2) is 0 Å². The van der Waals surface area contributed by atoms with Crippen LogP contribution in [-0.4, -0.2) is 29.8 Å². The molecule has 0 spiro atoms. The fraction of sp³-hybridized carbons (Fsp3) is 0.292. The van der Waals surface area contributed by atoms with Gasteiger partial charge in [-0.05, 0) is 50.1 Å². The van der Waals surface area contributed by atoms with Crippen molar-refractivity contribution in [2.45, 2.75) is 39.3 Å². The third-order valence-electron chi connectivity index (χ3n) is 4.09. The van der Waals surface area contributed by atoms with Crippen LogP contribution in [0.25, 0.3) is 5.57 Å². The molecule has 0 aliphatic carbocycles. The molecule has 5 heteroatoms. The lowest BCUT2D eigenvalue weighted by atomic mass is 9.95. The van der Waals surface area contributed by atoms with Crippen molar-refractivity contribution in [2.75, 3.05) is 11.9 Å². The molecule has 29 heavy (non-hydrogen) atoms. The molecule has 2 aromatic carbocycles. The molecule has 1 unspecified atom stereocenters. The number of halogens is 1. The van der Waals surface area contributed by atoms with Crippen molar-refractivity contribution in [2.24, 2.45) is 0 Å². The third-order valence-corrected chi connectivity index (χ3v) is 4.09. The highest BCUT2D eigenvalue weighted by molar-refractivity contribution is 5.87. The average molecular weight is 397 g/mol. The number of rotatable bonds is 9. The van der Waals surface area contributed by atoms with Crippen LogP contribution in [0.3, 0.4) is 0 Å². The van der Waals surface area contributed by atoms with E-state index in [1.54, 1.807) is 31.2 Å². The molecular formula is C24H28FNO3. The van der Waals surface area contributed by atoms with E-state index in [1.807, 2.05) is 30.3 Å². The summed E-state index contributed by atoms with van der Waals surface area (Å²) >= 11 is 0. The first-order chi connectivity index (χ1) is 13.9. The quantitative estimate of drug-likeness (QED) is 0.464. The number of hydrogen-bond donors (Lipinski definition) is 2. The Hall–Kier alpha value is -2.92. The maximum Gasteiger partial charge on any atom is 0.308 e. The van der Waals surface area contributed by atoms with Crippen molar-refractivity contribution in [3.8, 4) is 0 Å². The Labute approximate surface area is 171 Å². The van der Waals surface area contributed by atoms with E-state index in [0.29, 0.717) is 0 Å². The Bertz CT molecular complexity index is 857. The van der Waals surface area contributed by atoms with Gasteiger partial charge in [0.2, 0.25) is 0 Å². The van der Waals surface area contributed by atoms with Crippen LogP contribution in [-0.2, 0) is 9.53 Å². The highest BCUT2D eigenvalue weighted by Crippen LogP contribution is 2.30. The number of hydrogen-bond acceptors (Lipinski definition) is 4. The van der Waals surface area contributed by atoms with Gasteiger partial charge in [0.1, 0.15) is 5.82 Å². The van der Waals surface area contributed by atoms with Gasteiger partial charge in [-0.1, -0.05) is 48.6 Å². The van der Waals surface area contributed by atoms with Crippen LogP contribution < -0.4 is 5.32 Å². The van der Waals surface area contributed by atoms with Crippen LogP contribution in [0.4, 0.5) is 10.1 Å². The zero-order valence-corrected chi connectivity index (χ0v) is 17.1. The highest BCUT2D eigenvalue weighted by Gasteiger charge is 2.11. The minimum atomic E-state index is -0.941. The number of carbonyl (C=O) groups excluding carboxylic acids is 1. The van der Waals surface area contributed by atoms with Crippen molar-refractivity contribution in [3.63, 3.8) is 0 Å². The Morgan fingerprint density at radius 3 is 2.52 bits per heavy atom. The number of benzene rings is 2. The van der Waals surface area contributed by atoms with Crippen LogP contribution in [0.5, 0.6) is 0 Å². The van der Waals surface area contributed by atoms with Gasteiger partial charge in [-0.3, -0.25) is 4.79 Å². The number of anilines is 1. The Morgan fingerprint density at radius 1 is 1.17 bits per heavy atom. The summed E-state index contributed by atoms with van der Waals surface area (Å²) in [6.07, 6.45) is 4.05. The highest BCUT2D eigenvalue weighted by atomic mass is 19.1. The van der Waals surface area contributed by atoms with Crippen LogP contribution in [0.15, 0.2) is 66.8 Å². The van der Waals surface area contributed by atoms with E-state index in [1.165, 1.54) is 12.1 Å². The average Bonchev–Trinajstić information content (AvgIpc) is 2.66. The van der Waals surface area contributed by atoms with Crippen molar-refractivity contribution in [3.05, 3.63) is 83.7 Å². The smallest absolute Gasteiger partial charge is 0.308 e. The zero-order chi connectivity index (χ0) is 21.2. The van der Waals surface area contributed by atoms with Crippen molar-refractivity contribution >= 4 is 17.2 Å². The molecule has 0 amide bonds. The molecule has 0 aliphatic rings. The molecule has 0 heterocycles. The summed E-state index contributed by atoms with van der Waals surface area (Å²) in [6.45, 7) is 6.12. The Balaban J connectivity index is 2.37. The number of esters is 1. The molecule has 0 radical (unpaired) electrons. The molecule has 154 valence electrons. The number of aliphatic hydroxyl groups excluding tert-OH is 1. The fourth-order valence-corrected chi connectivity index (χ4v) is 2.86. The minimum Gasteiger partial charge on any atom is -0.466 e. The van der Waals surface area contributed by atoms with E-state index in [9.17, 15) is 14.3 Å². The molecule has 2 aromatic rings. The molecule has 2 N–H and O–H groups in total. The van der Waals surface area contributed by atoms with Gasteiger partial charge >= 0.3 is 5.97 Å². The molecule has 0 bridgehead atoms. The summed E-state index contributed by atoms with van der Waals surface area (Å²) in [7, 11) is 0. The second-order valence-electron chi connectivity index (χ2n) is 6.89. The molecule has 0 aliphatic heterocycles. The largest absolute Gasteiger partial charge is 0.466 e. The first-order valence-corrected chi connectivity index (χ1v) is 9.74. The van der Waals surface area contributed by atoms with Gasteiger partial charge in [0.05, 0.1) is 19.1 Å². The maximum atomic E-state index is 13.4. The number of para-hydroxylation sites is 1. The van der Waals surface area contributed by atoms with Crippen LogP contribution in [0, 0.1) is 5.82 Å². The third kappa shape index (κ3) is 7.20. The lowest BCUT2D eigenvalue weighted by Crippen LogP contribution is -2.13. The summed E-state index contributed by atoms with van der Waals surface area (Å²) in [5.41, 5.74) is 3.62. The molecule has 0 saturated carbocycles. The topological polar surface area (TPSA) is 58.6 Å². The lowest BCUT2D eigenvalue weighted by Gasteiger charge is -2.17. The van der Waals surface area contributed by atoms with E-state index in [2.05, 4.69) is 19.2 Å². The van der Waals surface area contributed by atoms with Gasteiger partial charge in [-0.25, -0.2) is 4.39 Å².